The summed E-state index contributed by atoms with van der Waals surface area (Å²) in [6.07, 6.45) is 2.67. The van der Waals surface area contributed by atoms with Crippen LogP contribution in [0.15, 0.2) is 47.6 Å². The van der Waals surface area contributed by atoms with E-state index in [-0.39, 0.29) is 0 Å². The van der Waals surface area contributed by atoms with Crippen molar-refractivity contribution in [3.8, 4) is 11.5 Å². The average molecular weight is 319 g/mol. The maximum Gasteiger partial charge on any atom is 0.161 e. The molecule has 4 nitrogen and oxygen atoms in total. The summed E-state index contributed by atoms with van der Waals surface area (Å²) < 4.78 is 11.0. The van der Waals surface area contributed by atoms with Crippen LogP contribution >= 0.6 is 11.6 Å². The highest BCUT2D eigenvalue weighted by Gasteiger charge is 2.04. The number of nitrogens with one attached hydrogen (secondary N) is 1. The Kier molecular flexibility index (Phi) is 6.10. The Bertz CT molecular complexity index is 644. The molecule has 2 rings (SSSR count). The summed E-state index contributed by atoms with van der Waals surface area (Å²) >= 11 is 5.92. The molecule has 0 fully saturated rings. The number of rotatable bonds is 7. The molecule has 0 saturated carbocycles. The second kappa shape index (κ2) is 8.29. The van der Waals surface area contributed by atoms with Crippen LogP contribution in [0.1, 0.15) is 18.9 Å². The fourth-order valence-electron chi connectivity index (χ4n) is 1.84. The van der Waals surface area contributed by atoms with E-state index in [9.17, 15) is 0 Å². The van der Waals surface area contributed by atoms with Gasteiger partial charge in [-0.2, -0.15) is 5.10 Å². The molecule has 0 unspecified atom stereocenters. The molecule has 0 amide bonds. The van der Waals surface area contributed by atoms with Crippen molar-refractivity contribution in [2.75, 3.05) is 19.1 Å². The number of hydrogen-bond donors (Lipinski definition) is 1. The third-order valence-electron chi connectivity index (χ3n) is 2.88. The smallest absolute Gasteiger partial charge is 0.161 e. The van der Waals surface area contributed by atoms with Crippen LogP contribution < -0.4 is 14.9 Å². The molecular weight excluding hydrogens is 300 g/mol. The predicted molar refractivity (Wildman–Crippen MR) is 91.4 cm³/mol. The molecule has 0 bridgehead atoms. The first kappa shape index (κ1) is 16.2. The number of methoxy groups -OCH3 is 1. The first-order chi connectivity index (χ1) is 10.7. The lowest BCUT2D eigenvalue weighted by Crippen LogP contribution is -1.98. The number of benzene rings is 2. The molecule has 22 heavy (non-hydrogen) atoms. The summed E-state index contributed by atoms with van der Waals surface area (Å²) in [5.74, 6) is 1.43. The van der Waals surface area contributed by atoms with Gasteiger partial charge in [0.15, 0.2) is 11.5 Å². The zero-order chi connectivity index (χ0) is 15.8. The highest BCUT2D eigenvalue weighted by molar-refractivity contribution is 6.30. The van der Waals surface area contributed by atoms with Crippen LogP contribution in [-0.2, 0) is 0 Å². The van der Waals surface area contributed by atoms with E-state index in [0.29, 0.717) is 17.4 Å². The molecule has 0 saturated heterocycles. The summed E-state index contributed by atoms with van der Waals surface area (Å²) in [7, 11) is 1.62. The molecule has 0 atom stereocenters. The van der Waals surface area contributed by atoms with Crippen molar-refractivity contribution in [1.29, 1.82) is 0 Å². The van der Waals surface area contributed by atoms with Gasteiger partial charge in [0.25, 0.3) is 0 Å². The Hall–Kier alpha value is -2.20. The molecule has 116 valence electrons. The van der Waals surface area contributed by atoms with Crippen LogP contribution in [0.2, 0.25) is 5.02 Å². The van der Waals surface area contributed by atoms with Gasteiger partial charge in [0.1, 0.15) is 0 Å². The minimum absolute atomic E-state index is 0.666. The number of halogens is 1. The molecule has 0 aliphatic carbocycles. The maximum atomic E-state index is 5.92. The highest BCUT2D eigenvalue weighted by atomic mass is 35.5. The average Bonchev–Trinajstić information content (AvgIpc) is 2.53. The largest absolute Gasteiger partial charge is 0.493 e. The number of ether oxygens (including phenoxy) is 2. The quantitative estimate of drug-likeness (QED) is 0.600. The lowest BCUT2D eigenvalue weighted by atomic mass is 10.2. The van der Waals surface area contributed by atoms with Crippen molar-refractivity contribution in [2.45, 2.75) is 13.3 Å². The lowest BCUT2D eigenvalue weighted by Gasteiger charge is -2.10. The minimum atomic E-state index is 0.666. The first-order valence-electron chi connectivity index (χ1n) is 7.08. The lowest BCUT2D eigenvalue weighted by molar-refractivity contribution is 0.294. The number of hydrogen-bond acceptors (Lipinski definition) is 4. The molecule has 0 aliphatic heterocycles. The Morgan fingerprint density at radius 1 is 1.18 bits per heavy atom. The van der Waals surface area contributed by atoms with E-state index in [0.717, 1.165) is 23.4 Å². The van der Waals surface area contributed by atoms with Gasteiger partial charge in [-0.1, -0.05) is 24.6 Å². The van der Waals surface area contributed by atoms with Gasteiger partial charge in [-0.05, 0) is 48.4 Å². The Morgan fingerprint density at radius 3 is 2.77 bits per heavy atom. The van der Waals surface area contributed by atoms with E-state index in [1.165, 1.54) is 0 Å². The van der Waals surface area contributed by atoms with Crippen LogP contribution in [0.25, 0.3) is 0 Å². The topological polar surface area (TPSA) is 42.8 Å². The monoisotopic (exact) mass is 318 g/mol. The maximum absolute atomic E-state index is 5.92. The third-order valence-corrected chi connectivity index (χ3v) is 3.12. The van der Waals surface area contributed by atoms with Crippen molar-refractivity contribution in [3.63, 3.8) is 0 Å². The zero-order valence-corrected chi connectivity index (χ0v) is 13.4. The molecule has 2 aromatic rings. The molecule has 0 spiro atoms. The number of nitrogens with zero attached hydrogens (tertiary/aromatic N) is 1. The normalized spacial score (nSPS) is 10.7. The Balaban J connectivity index is 2.04. The van der Waals surface area contributed by atoms with Crippen molar-refractivity contribution < 1.29 is 9.47 Å². The highest BCUT2D eigenvalue weighted by Crippen LogP contribution is 2.27. The zero-order valence-electron chi connectivity index (χ0n) is 12.7. The SMILES string of the molecule is CCCOc1ccc(/C=N\Nc2cccc(Cl)c2)cc1OC. The Morgan fingerprint density at radius 2 is 2.05 bits per heavy atom. The van der Waals surface area contributed by atoms with Crippen molar-refractivity contribution >= 4 is 23.5 Å². The van der Waals surface area contributed by atoms with E-state index in [1.807, 2.05) is 36.4 Å². The fourth-order valence-corrected chi connectivity index (χ4v) is 2.03. The molecule has 2 aromatic carbocycles. The molecule has 0 heterocycles. The standard InChI is InChI=1S/C17H19ClN2O2/c1-3-9-22-16-8-7-13(10-17(16)21-2)12-19-20-15-6-4-5-14(18)11-15/h4-8,10-12,20H,3,9H2,1-2H3/b19-12-. The van der Waals surface area contributed by atoms with E-state index >= 15 is 0 Å². The van der Waals surface area contributed by atoms with Crippen LogP contribution in [0.5, 0.6) is 11.5 Å². The van der Waals surface area contributed by atoms with Crippen LogP contribution in [0.3, 0.4) is 0 Å². The summed E-state index contributed by atoms with van der Waals surface area (Å²) in [4.78, 5) is 0. The molecule has 0 aromatic heterocycles. The van der Waals surface area contributed by atoms with Gasteiger partial charge in [0.05, 0.1) is 25.6 Å². The second-order valence-corrected chi connectivity index (χ2v) is 5.08. The number of anilines is 1. The van der Waals surface area contributed by atoms with Gasteiger partial charge < -0.3 is 9.47 Å². The Labute approximate surface area is 135 Å². The van der Waals surface area contributed by atoms with Gasteiger partial charge in [0.2, 0.25) is 0 Å². The van der Waals surface area contributed by atoms with Gasteiger partial charge in [0, 0.05) is 5.02 Å². The van der Waals surface area contributed by atoms with E-state index in [4.69, 9.17) is 21.1 Å². The summed E-state index contributed by atoms with van der Waals surface area (Å²) in [5.41, 5.74) is 4.68. The van der Waals surface area contributed by atoms with Crippen molar-refractivity contribution in [2.24, 2.45) is 5.10 Å². The summed E-state index contributed by atoms with van der Waals surface area (Å²) in [6.45, 7) is 2.73. The first-order valence-corrected chi connectivity index (χ1v) is 7.46. The minimum Gasteiger partial charge on any atom is -0.493 e. The van der Waals surface area contributed by atoms with E-state index in [1.54, 1.807) is 19.4 Å². The van der Waals surface area contributed by atoms with Crippen LogP contribution in [0, 0.1) is 0 Å². The molecule has 5 heteroatoms. The summed E-state index contributed by atoms with van der Waals surface area (Å²) in [5, 5.41) is 4.86. The second-order valence-electron chi connectivity index (χ2n) is 4.64. The van der Waals surface area contributed by atoms with E-state index < -0.39 is 0 Å². The van der Waals surface area contributed by atoms with E-state index in [2.05, 4.69) is 17.5 Å². The predicted octanol–water partition coefficient (Wildman–Crippen LogP) is 4.58. The molecular formula is C17H19ClN2O2. The van der Waals surface area contributed by atoms with Crippen LogP contribution in [0.4, 0.5) is 5.69 Å². The van der Waals surface area contributed by atoms with Crippen LogP contribution in [-0.4, -0.2) is 19.9 Å². The summed E-state index contributed by atoms with van der Waals surface area (Å²) in [6, 6.07) is 13.1. The fraction of sp³-hybridized carbons (Fsp3) is 0.235. The van der Waals surface area contributed by atoms with Gasteiger partial charge in [-0.15, -0.1) is 0 Å². The van der Waals surface area contributed by atoms with Gasteiger partial charge in [-0.25, -0.2) is 0 Å². The molecule has 0 aliphatic rings. The molecule has 1 N–H and O–H groups in total. The van der Waals surface area contributed by atoms with Gasteiger partial charge in [-0.3, -0.25) is 5.43 Å². The number of hydrazone groups is 1. The van der Waals surface area contributed by atoms with Crippen molar-refractivity contribution in [1.82, 2.24) is 0 Å². The third kappa shape index (κ3) is 4.67. The van der Waals surface area contributed by atoms with Crippen molar-refractivity contribution in [3.05, 3.63) is 53.1 Å². The molecule has 0 radical (unpaired) electrons. The van der Waals surface area contributed by atoms with Gasteiger partial charge >= 0.3 is 0 Å².